The Labute approximate surface area is 84.7 Å². The third-order valence-corrected chi connectivity index (χ3v) is 1.19. The maximum Gasteiger partial charge on any atom is 0.312 e. The number of rotatable bonds is 2. The summed E-state index contributed by atoms with van der Waals surface area (Å²) in [5.74, 6) is -0.757. The predicted octanol–water partition coefficient (Wildman–Crippen LogP) is 1.18. The van der Waals surface area contributed by atoms with Gasteiger partial charge in [-0.05, 0) is 27.2 Å². The number of carboxylic acids is 1. The fourth-order valence-corrected chi connectivity index (χ4v) is 0.248. The van der Waals surface area contributed by atoms with Crippen LogP contribution in [-0.4, -0.2) is 23.7 Å². The number of hydrogen-bond acceptors (Lipinski definition) is 2. The van der Waals surface area contributed by atoms with Gasteiger partial charge in [-0.15, -0.1) is 0 Å². The van der Waals surface area contributed by atoms with Crippen LogP contribution in [0.4, 0.5) is 4.79 Å². The second-order valence-corrected chi connectivity index (χ2v) is 3.85. The molecule has 0 radical (unpaired) electrons. The van der Waals surface area contributed by atoms with Crippen LogP contribution in [0.2, 0.25) is 0 Å². The number of urea groups is 1. The Morgan fingerprint density at radius 2 is 1.71 bits per heavy atom. The summed E-state index contributed by atoms with van der Waals surface area (Å²) in [5.41, 5.74) is 4.15. The Hall–Kier alpha value is -1.26. The minimum atomic E-state index is -0.757. The minimum absolute atomic E-state index is 0.443. The summed E-state index contributed by atoms with van der Waals surface area (Å²) in [7, 11) is 0. The van der Waals surface area contributed by atoms with Crippen molar-refractivity contribution in [1.29, 1.82) is 0 Å². The third kappa shape index (κ3) is 13.3. The summed E-state index contributed by atoms with van der Waals surface area (Å²) in [5, 5.41) is 10.7. The zero-order valence-electron chi connectivity index (χ0n) is 9.26. The van der Waals surface area contributed by atoms with Gasteiger partial charge in [-0.25, -0.2) is 4.79 Å². The molecule has 0 rings (SSSR count). The highest BCUT2D eigenvalue weighted by molar-refractivity contribution is 5.72. The summed E-state index contributed by atoms with van der Waals surface area (Å²) in [6.45, 7) is 7.63. The molecule has 0 aromatic carbocycles. The zero-order chi connectivity index (χ0) is 11.8. The second kappa shape index (κ2) is 7.17. The van der Waals surface area contributed by atoms with E-state index in [-0.39, 0.29) is 0 Å². The highest BCUT2D eigenvalue weighted by atomic mass is 16.4. The predicted molar refractivity (Wildman–Crippen MR) is 55.0 cm³/mol. The number of amides is 2. The number of nitrogens with two attached hydrogens (primary N) is 1. The van der Waals surface area contributed by atoms with Crippen LogP contribution in [-0.2, 0) is 4.79 Å². The molecule has 4 N–H and O–H groups in total. The molecule has 5 heteroatoms. The van der Waals surface area contributed by atoms with Crippen molar-refractivity contribution in [3.63, 3.8) is 0 Å². The van der Waals surface area contributed by atoms with Crippen molar-refractivity contribution < 1.29 is 14.7 Å². The Balaban J connectivity index is 0. The smallest absolute Gasteiger partial charge is 0.312 e. The van der Waals surface area contributed by atoms with Crippen molar-refractivity contribution in [1.82, 2.24) is 5.32 Å². The van der Waals surface area contributed by atoms with E-state index in [4.69, 9.17) is 10.8 Å². The molecule has 0 fully saturated rings. The Kier molecular flexibility index (Phi) is 7.80. The summed E-state index contributed by atoms with van der Waals surface area (Å²) in [4.78, 5) is 19.9. The molecule has 0 saturated heterocycles. The van der Waals surface area contributed by atoms with E-state index in [0.717, 1.165) is 6.42 Å². The molecule has 0 aromatic heterocycles. The summed E-state index contributed by atoms with van der Waals surface area (Å²) < 4.78 is 0. The molecule has 84 valence electrons. The highest BCUT2D eigenvalue weighted by Crippen LogP contribution is 2.11. The van der Waals surface area contributed by atoms with Crippen LogP contribution < -0.4 is 11.1 Å². The molecule has 2 amide bonds. The van der Waals surface area contributed by atoms with Gasteiger partial charge in [-0.1, -0.05) is 6.92 Å². The average Bonchev–Trinajstić information content (AvgIpc) is 2.00. The van der Waals surface area contributed by atoms with Crippen LogP contribution in [0.15, 0.2) is 0 Å². The first kappa shape index (κ1) is 15.2. The molecule has 0 saturated carbocycles. The first-order chi connectivity index (χ1) is 6.21. The van der Waals surface area contributed by atoms with Crippen molar-refractivity contribution in [2.45, 2.75) is 34.1 Å². The minimum Gasteiger partial charge on any atom is -0.481 e. The van der Waals surface area contributed by atoms with Gasteiger partial charge in [0.05, 0.1) is 5.41 Å². The SMILES string of the molecule is CC(C)(C)C(=O)O.CCCNC(N)=O. The van der Waals surface area contributed by atoms with E-state index in [2.05, 4.69) is 5.32 Å². The van der Waals surface area contributed by atoms with Crippen LogP contribution in [0.5, 0.6) is 0 Å². The molecule has 0 spiro atoms. The highest BCUT2D eigenvalue weighted by Gasteiger charge is 2.18. The molecule has 0 aliphatic rings. The lowest BCUT2D eigenvalue weighted by Gasteiger charge is -2.08. The van der Waals surface area contributed by atoms with E-state index in [1.165, 1.54) is 0 Å². The lowest BCUT2D eigenvalue weighted by atomic mass is 9.98. The Bertz CT molecular complexity index is 185. The lowest BCUT2D eigenvalue weighted by molar-refractivity contribution is -0.145. The normalized spacial score (nSPS) is 9.71. The van der Waals surface area contributed by atoms with Crippen molar-refractivity contribution in [2.24, 2.45) is 11.1 Å². The Morgan fingerprint density at radius 1 is 1.36 bits per heavy atom. The summed E-state index contributed by atoms with van der Waals surface area (Å²) in [6, 6.07) is -0.443. The van der Waals surface area contributed by atoms with E-state index in [1.807, 2.05) is 6.92 Å². The third-order valence-electron chi connectivity index (χ3n) is 1.19. The quantitative estimate of drug-likeness (QED) is 0.630. The van der Waals surface area contributed by atoms with E-state index in [9.17, 15) is 9.59 Å². The fraction of sp³-hybridized carbons (Fsp3) is 0.778. The van der Waals surface area contributed by atoms with Gasteiger partial charge in [-0.2, -0.15) is 0 Å². The molecular formula is C9H20N2O3. The van der Waals surface area contributed by atoms with Gasteiger partial charge >= 0.3 is 12.0 Å². The number of carbonyl (C=O) groups excluding carboxylic acids is 1. The zero-order valence-corrected chi connectivity index (χ0v) is 9.26. The standard InChI is InChI=1S/C5H10O2.C4H10N2O/c1-5(2,3)4(6)7;1-2-3-6-4(5)7/h1-3H3,(H,6,7);2-3H2,1H3,(H3,5,6,7). The van der Waals surface area contributed by atoms with Crippen molar-refractivity contribution in [2.75, 3.05) is 6.54 Å². The van der Waals surface area contributed by atoms with Crippen molar-refractivity contribution >= 4 is 12.0 Å². The molecular weight excluding hydrogens is 184 g/mol. The largest absolute Gasteiger partial charge is 0.481 e. The van der Waals surface area contributed by atoms with Gasteiger partial charge in [0.2, 0.25) is 0 Å². The van der Waals surface area contributed by atoms with E-state index in [1.54, 1.807) is 20.8 Å². The van der Waals surface area contributed by atoms with Crippen LogP contribution >= 0.6 is 0 Å². The van der Waals surface area contributed by atoms with Gasteiger partial charge in [0.15, 0.2) is 0 Å². The second-order valence-electron chi connectivity index (χ2n) is 3.85. The van der Waals surface area contributed by atoms with Crippen molar-refractivity contribution in [3.8, 4) is 0 Å². The number of hydrogen-bond donors (Lipinski definition) is 3. The van der Waals surface area contributed by atoms with Crippen LogP contribution in [0.3, 0.4) is 0 Å². The van der Waals surface area contributed by atoms with E-state index < -0.39 is 17.4 Å². The van der Waals surface area contributed by atoms with Gasteiger partial charge in [0.25, 0.3) is 0 Å². The van der Waals surface area contributed by atoms with Crippen molar-refractivity contribution in [3.05, 3.63) is 0 Å². The number of carboxylic acid groups (broad SMARTS) is 1. The first-order valence-electron chi connectivity index (χ1n) is 4.48. The van der Waals surface area contributed by atoms with E-state index >= 15 is 0 Å². The van der Waals surface area contributed by atoms with Gasteiger partial charge in [0.1, 0.15) is 0 Å². The number of aliphatic carboxylic acids is 1. The van der Waals surface area contributed by atoms with Gasteiger partial charge in [0, 0.05) is 6.54 Å². The molecule has 0 unspecified atom stereocenters. The molecule has 0 bridgehead atoms. The van der Waals surface area contributed by atoms with Gasteiger partial charge < -0.3 is 16.2 Å². The van der Waals surface area contributed by atoms with Crippen LogP contribution in [0.25, 0.3) is 0 Å². The monoisotopic (exact) mass is 204 g/mol. The summed E-state index contributed by atoms with van der Waals surface area (Å²) in [6.07, 6.45) is 0.933. The Morgan fingerprint density at radius 3 is 1.79 bits per heavy atom. The van der Waals surface area contributed by atoms with Crippen LogP contribution in [0.1, 0.15) is 34.1 Å². The molecule has 5 nitrogen and oxygen atoms in total. The molecule has 0 atom stereocenters. The molecule has 0 aliphatic carbocycles. The van der Waals surface area contributed by atoms with Crippen LogP contribution in [0, 0.1) is 5.41 Å². The van der Waals surface area contributed by atoms with E-state index in [0.29, 0.717) is 6.54 Å². The molecule has 0 heterocycles. The fourth-order valence-electron chi connectivity index (χ4n) is 0.248. The number of nitrogens with one attached hydrogen (secondary N) is 1. The summed E-state index contributed by atoms with van der Waals surface area (Å²) >= 11 is 0. The first-order valence-corrected chi connectivity index (χ1v) is 4.48. The van der Waals surface area contributed by atoms with Gasteiger partial charge in [-0.3, -0.25) is 4.79 Å². The molecule has 0 aliphatic heterocycles. The maximum atomic E-state index is 10.0. The lowest BCUT2D eigenvalue weighted by Crippen LogP contribution is -2.29. The topological polar surface area (TPSA) is 92.4 Å². The molecule has 0 aromatic rings. The number of primary amides is 1. The average molecular weight is 204 g/mol. The number of carbonyl (C=O) groups is 2. The molecule has 14 heavy (non-hydrogen) atoms. The maximum absolute atomic E-state index is 10.0.